The van der Waals surface area contributed by atoms with Gasteiger partial charge in [-0.25, -0.2) is 0 Å². The highest BCUT2D eigenvalue weighted by Gasteiger charge is 2.41. The molecule has 0 amide bonds. The van der Waals surface area contributed by atoms with Crippen LogP contribution in [0.1, 0.15) is 18.9 Å². The minimum Gasteiger partial charge on any atom is -0.508 e. The summed E-state index contributed by atoms with van der Waals surface area (Å²) in [5.74, 6) is 0.333. The summed E-state index contributed by atoms with van der Waals surface area (Å²) in [6, 6.07) is 7.67. The van der Waals surface area contributed by atoms with Crippen LogP contribution in [0.25, 0.3) is 0 Å². The Balaban J connectivity index is 1.83. The first kappa shape index (κ1) is 13.3. The number of benzene rings is 1. The molecule has 2 rings (SSSR count). The number of hydrogen-bond acceptors (Lipinski definition) is 4. The highest BCUT2D eigenvalue weighted by atomic mass is 16.5. The second kappa shape index (κ2) is 6.18. The normalized spacial score (nSPS) is 26.9. The number of hydrogen-bond donors (Lipinski definition) is 2. The molecule has 0 saturated heterocycles. The molecule has 1 aromatic rings. The van der Waals surface area contributed by atoms with Crippen molar-refractivity contribution in [1.29, 1.82) is 0 Å². The summed E-state index contributed by atoms with van der Waals surface area (Å²) < 4.78 is 11.0. The van der Waals surface area contributed by atoms with Crippen LogP contribution in [0, 0.1) is 0 Å². The Morgan fingerprint density at radius 3 is 2.83 bits per heavy atom. The van der Waals surface area contributed by atoms with Gasteiger partial charge in [-0.2, -0.15) is 0 Å². The molecule has 3 atom stereocenters. The fraction of sp³-hybridized carbons (Fsp3) is 0.571. The second-order valence-corrected chi connectivity index (χ2v) is 4.55. The van der Waals surface area contributed by atoms with Crippen molar-refractivity contribution < 1.29 is 14.6 Å². The molecule has 0 aliphatic heterocycles. The van der Waals surface area contributed by atoms with E-state index in [1.165, 1.54) is 0 Å². The smallest absolute Gasteiger partial charge is 0.120 e. The van der Waals surface area contributed by atoms with Gasteiger partial charge in [0.05, 0.1) is 12.2 Å². The van der Waals surface area contributed by atoms with Crippen molar-refractivity contribution in [2.75, 3.05) is 13.7 Å². The van der Waals surface area contributed by atoms with Crippen LogP contribution >= 0.6 is 0 Å². The van der Waals surface area contributed by atoms with Crippen molar-refractivity contribution in [2.24, 2.45) is 0 Å². The highest BCUT2D eigenvalue weighted by molar-refractivity contribution is 5.31. The van der Waals surface area contributed by atoms with Crippen LogP contribution in [0.5, 0.6) is 5.75 Å². The third-order valence-electron chi connectivity index (χ3n) is 3.45. The molecule has 1 aliphatic carbocycles. The van der Waals surface area contributed by atoms with Crippen LogP contribution in [0.4, 0.5) is 0 Å². The lowest BCUT2D eigenvalue weighted by atomic mass is 9.85. The third-order valence-corrected chi connectivity index (χ3v) is 3.45. The van der Waals surface area contributed by atoms with Crippen LogP contribution in [-0.2, 0) is 16.0 Å². The molecule has 0 bridgehead atoms. The van der Waals surface area contributed by atoms with Gasteiger partial charge >= 0.3 is 0 Å². The average molecular weight is 251 g/mol. The number of phenols is 1. The number of methoxy groups -OCH3 is 1. The number of nitrogens with one attached hydrogen (secondary N) is 1. The monoisotopic (exact) mass is 251 g/mol. The molecule has 100 valence electrons. The van der Waals surface area contributed by atoms with E-state index in [9.17, 15) is 5.11 Å². The van der Waals surface area contributed by atoms with Gasteiger partial charge in [0, 0.05) is 31.9 Å². The van der Waals surface area contributed by atoms with Crippen LogP contribution in [-0.4, -0.2) is 37.1 Å². The van der Waals surface area contributed by atoms with E-state index in [1.54, 1.807) is 13.2 Å². The van der Waals surface area contributed by atoms with Crippen LogP contribution in [0.3, 0.4) is 0 Å². The predicted octanol–water partition coefficient (Wildman–Crippen LogP) is 1.67. The largest absolute Gasteiger partial charge is 0.508 e. The highest BCUT2D eigenvalue weighted by Crippen LogP contribution is 2.27. The summed E-state index contributed by atoms with van der Waals surface area (Å²) in [4.78, 5) is 0. The molecule has 0 heterocycles. The lowest BCUT2D eigenvalue weighted by Crippen LogP contribution is -2.59. The van der Waals surface area contributed by atoms with Crippen LogP contribution in [0.15, 0.2) is 24.3 Å². The van der Waals surface area contributed by atoms with Gasteiger partial charge in [-0.15, -0.1) is 0 Å². The molecular weight excluding hydrogens is 230 g/mol. The van der Waals surface area contributed by atoms with E-state index in [2.05, 4.69) is 5.32 Å². The summed E-state index contributed by atoms with van der Waals surface area (Å²) in [5, 5.41) is 13.1. The Kier molecular flexibility index (Phi) is 4.58. The fourth-order valence-corrected chi connectivity index (χ4v) is 2.38. The Hall–Kier alpha value is -1.10. The molecule has 1 saturated carbocycles. The van der Waals surface area contributed by atoms with Crippen molar-refractivity contribution >= 4 is 0 Å². The van der Waals surface area contributed by atoms with Gasteiger partial charge in [-0.05, 0) is 19.4 Å². The molecule has 1 fully saturated rings. The standard InChI is InChI=1S/C14H21NO3/c1-3-18-13-8-11(14(13)17-2)15-9-10-6-4-5-7-12(10)16/h4-7,11,13-16H,3,8-9H2,1-2H3. The SMILES string of the molecule is CCOC1CC(NCc2ccccc2O)C1OC. The van der Waals surface area contributed by atoms with Crippen LogP contribution in [0.2, 0.25) is 0 Å². The molecule has 2 N–H and O–H groups in total. The number of ether oxygens (including phenoxy) is 2. The Bertz CT molecular complexity index is 383. The zero-order valence-electron chi connectivity index (χ0n) is 10.9. The third kappa shape index (κ3) is 2.83. The van der Waals surface area contributed by atoms with Crippen molar-refractivity contribution in [2.45, 2.75) is 38.1 Å². The first-order valence-corrected chi connectivity index (χ1v) is 6.41. The first-order chi connectivity index (χ1) is 8.76. The van der Waals surface area contributed by atoms with Crippen LogP contribution < -0.4 is 5.32 Å². The van der Waals surface area contributed by atoms with E-state index in [0.29, 0.717) is 18.3 Å². The van der Waals surface area contributed by atoms with Gasteiger partial charge in [-0.3, -0.25) is 0 Å². The van der Waals surface area contributed by atoms with Gasteiger partial charge in [-0.1, -0.05) is 18.2 Å². The summed E-state index contributed by atoms with van der Waals surface area (Å²) in [7, 11) is 1.71. The summed E-state index contributed by atoms with van der Waals surface area (Å²) in [6.07, 6.45) is 1.26. The minimum atomic E-state index is 0.107. The van der Waals surface area contributed by atoms with Crippen molar-refractivity contribution in [3.63, 3.8) is 0 Å². The molecule has 0 radical (unpaired) electrons. The number of para-hydroxylation sites is 1. The van der Waals surface area contributed by atoms with E-state index < -0.39 is 0 Å². The molecule has 0 aromatic heterocycles. The maximum atomic E-state index is 9.68. The molecule has 0 spiro atoms. The molecule has 4 nitrogen and oxygen atoms in total. The van der Waals surface area contributed by atoms with Gasteiger partial charge in [0.15, 0.2) is 0 Å². The zero-order chi connectivity index (χ0) is 13.0. The average Bonchev–Trinajstić information content (AvgIpc) is 2.35. The maximum Gasteiger partial charge on any atom is 0.120 e. The van der Waals surface area contributed by atoms with E-state index in [0.717, 1.165) is 18.6 Å². The van der Waals surface area contributed by atoms with E-state index >= 15 is 0 Å². The lowest BCUT2D eigenvalue weighted by molar-refractivity contribution is -0.131. The molecule has 1 aliphatic rings. The lowest BCUT2D eigenvalue weighted by Gasteiger charge is -2.43. The molecular formula is C14H21NO3. The first-order valence-electron chi connectivity index (χ1n) is 6.41. The van der Waals surface area contributed by atoms with E-state index in [1.807, 2.05) is 25.1 Å². The predicted molar refractivity (Wildman–Crippen MR) is 69.6 cm³/mol. The number of aromatic hydroxyl groups is 1. The summed E-state index contributed by atoms with van der Waals surface area (Å²) in [5.41, 5.74) is 0.909. The van der Waals surface area contributed by atoms with Crippen molar-refractivity contribution in [3.8, 4) is 5.75 Å². The number of phenolic OH excluding ortho intramolecular Hbond substituents is 1. The van der Waals surface area contributed by atoms with Gasteiger partial charge in [0.1, 0.15) is 5.75 Å². The van der Waals surface area contributed by atoms with Gasteiger partial charge in [0.2, 0.25) is 0 Å². The fourth-order valence-electron chi connectivity index (χ4n) is 2.38. The Labute approximate surface area is 108 Å². The summed E-state index contributed by atoms with van der Waals surface area (Å²) in [6.45, 7) is 3.36. The molecule has 18 heavy (non-hydrogen) atoms. The van der Waals surface area contributed by atoms with E-state index in [-0.39, 0.29) is 12.2 Å². The van der Waals surface area contributed by atoms with E-state index in [4.69, 9.17) is 9.47 Å². The molecule has 1 aromatic carbocycles. The maximum absolute atomic E-state index is 9.68. The Morgan fingerprint density at radius 2 is 2.17 bits per heavy atom. The van der Waals surface area contributed by atoms with Crippen molar-refractivity contribution in [1.82, 2.24) is 5.32 Å². The van der Waals surface area contributed by atoms with Gasteiger partial charge in [0.25, 0.3) is 0 Å². The zero-order valence-corrected chi connectivity index (χ0v) is 10.9. The molecule has 3 unspecified atom stereocenters. The van der Waals surface area contributed by atoms with Gasteiger partial charge < -0.3 is 19.9 Å². The topological polar surface area (TPSA) is 50.7 Å². The Morgan fingerprint density at radius 1 is 1.39 bits per heavy atom. The quantitative estimate of drug-likeness (QED) is 0.807. The number of rotatable bonds is 6. The second-order valence-electron chi connectivity index (χ2n) is 4.55. The minimum absolute atomic E-state index is 0.107. The summed E-state index contributed by atoms with van der Waals surface area (Å²) >= 11 is 0. The molecule has 4 heteroatoms. The van der Waals surface area contributed by atoms with Crippen molar-refractivity contribution in [3.05, 3.63) is 29.8 Å².